The maximum atomic E-state index is 11.4. The number of anilines is 2. The third-order valence-electron chi connectivity index (χ3n) is 4.32. The van der Waals surface area contributed by atoms with E-state index in [9.17, 15) is 14.9 Å². The SMILES string of the molecule is Nc1cc(N2CCC3NC(=O)CCC3C2)cc([N+](=O)[O-])c1. The molecule has 2 heterocycles. The molecule has 1 amide bonds. The molecule has 0 radical (unpaired) electrons. The summed E-state index contributed by atoms with van der Waals surface area (Å²) in [4.78, 5) is 24.1. The van der Waals surface area contributed by atoms with E-state index in [1.54, 1.807) is 12.1 Å². The van der Waals surface area contributed by atoms with E-state index in [1.807, 2.05) is 0 Å². The van der Waals surface area contributed by atoms with E-state index in [0.29, 0.717) is 18.0 Å². The summed E-state index contributed by atoms with van der Waals surface area (Å²) in [5, 5.41) is 14.0. The highest BCUT2D eigenvalue weighted by atomic mass is 16.6. The summed E-state index contributed by atoms with van der Waals surface area (Å²) >= 11 is 0. The lowest BCUT2D eigenvalue weighted by molar-refractivity contribution is -0.384. The van der Waals surface area contributed by atoms with Gasteiger partial charge in [0, 0.05) is 49.1 Å². The van der Waals surface area contributed by atoms with Gasteiger partial charge in [0.15, 0.2) is 0 Å². The number of nitrogens with one attached hydrogen (secondary N) is 1. The van der Waals surface area contributed by atoms with Crippen LogP contribution in [0.15, 0.2) is 18.2 Å². The zero-order valence-electron chi connectivity index (χ0n) is 11.6. The fourth-order valence-corrected chi connectivity index (χ4v) is 3.25. The van der Waals surface area contributed by atoms with Gasteiger partial charge in [0.25, 0.3) is 5.69 Å². The minimum atomic E-state index is -0.423. The summed E-state index contributed by atoms with van der Waals surface area (Å²) in [5.74, 6) is 0.529. The molecule has 2 fully saturated rings. The van der Waals surface area contributed by atoms with E-state index in [-0.39, 0.29) is 17.6 Å². The van der Waals surface area contributed by atoms with Crippen LogP contribution < -0.4 is 16.0 Å². The van der Waals surface area contributed by atoms with E-state index < -0.39 is 4.92 Å². The van der Waals surface area contributed by atoms with Crippen molar-refractivity contribution in [2.75, 3.05) is 23.7 Å². The minimum absolute atomic E-state index is 0.0177. The minimum Gasteiger partial charge on any atom is -0.398 e. The van der Waals surface area contributed by atoms with Gasteiger partial charge in [0.1, 0.15) is 0 Å². The van der Waals surface area contributed by atoms with Gasteiger partial charge in [-0.2, -0.15) is 0 Å². The molecule has 2 atom stereocenters. The van der Waals surface area contributed by atoms with Gasteiger partial charge in [-0.25, -0.2) is 0 Å². The first-order valence-corrected chi connectivity index (χ1v) is 7.12. The normalized spacial score (nSPS) is 25.1. The topological polar surface area (TPSA) is 102 Å². The van der Waals surface area contributed by atoms with E-state index in [0.717, 1.165) is 31.6 Å². The summed E-state index contributed by atoms with van der Waals surface area (Å²) in [6.07, 6.45) is 2.29. The van der Waals surface area contributed by atoms with Gasteiger partial charge < -0.3 is 16.0 Å². The Hall–Kier alpha value is -2.31. The van der Waals surface area contributed by atoms with Crippen molar-refractivity contribution < 1.29 is 9.72 Å². The number of amides is 1. The Kier molecular flexibility index (Phi) is 3.40. The van der Waals surface area contributed by atoms with E-state index in [2.05, 4.69) is 10.2 Å². The first-order valence-electron chi connectivity index (χ1n) is 7.12. The molecule has 7 heteroatoms. The molecule has 1 aromatic rings. The average molecular weight is 290 g/mol. The van der Waals surface area contributed by atoms with Gasteiger partial charge in [-0.1, -0.05) is 0 Å². The Morgan fingerprint density at radius 3 is 2.90 bits per heavy atom. The third kappa shape index (κ3) is 2.76. The number of benzene rings is 1. The highest BCUT2D eigenvalue weighted by Crippen LogP contribution is 2.31. The summed E-state index contributed by atoms with van der Waals surface area (Å²) in [6, 6.07) is 4.95. The number of rotatable bonds is 2. The molecule has 0 aliphatic carbocycles. The number of fused-ring (bicyclic) bond motifs is 1. The molecular weight excluding hydrogens is 272 g/mol. The second-order valence-corrected chi connectivity index (χ2v) is 5.75. The molecule has 2 saturated heterocycles. The van der Waals surface area contributed by atoms with Crippen molar-refractivity contribution in [3.8, 4) is 0 Å². The number of hydrogen-bond acceptors (Lipinski definition) is 5. The number of hydrogen-bond donors (Lipinski definition) is 2. The van der Waals surface area contributed by atoms with Crippen LogP contribution in [-0.2, 0) is 4.79 Å². The molecule has 2 unspecified atom stereocenters. The Balaban J connectivity index is 1.79. The monoisotopic (exact) mass is 290 g/mol. The first kappa shape index (κ1) is 13.7. The van der Waals surface area contributed by atoms with Gasteiger partial charge in [-0.3, -0.25) is 14.9 Å². The highest BCUT2D eigenvalue weighted by molar-refractivity contribution is 5.77. The second kappa shape index (κ2) is 5.23. The molecule has 112 valence electrons. The number of nitrogens with two attached hydrogens (primary N) is 1. The molecule has 2 aliphatic rings. The molecule has 7 nitrogen and oxygen atoms in total. The fraction of sp³-hybridized carbons (Fsp3) is 0.500. The lowest BCUT2D eigenvalue weighted by Gasteiger charge is -2.42. The molecule has 0 bridgehead atoms. The molecule has 0 saturated carbocycles. The number of nitrogens with zero attached hydrogens (tertiary/aromatic N) is 2. The number of nitro benzene ring substituents is 1. The van der Waals surface area contributed by atoms with Crippen LogP contribution in [0.25, 0.3) is 0 Å². The van der Waals surface area contributed by atoms with Crippen molar-refractivity contribution in [3.63, 3.8) is 0 Å². The molecule has 3 N–H and O–H groups in total. The standard InChI is InChI=1S/C14H18N4O3/c15-10-5-11(7-12(6-10)18(20)21)17-4-3-13-9(8-17)1-2-14(19)16-13/h5-7,9,13H,1-4,8,15H2,(H,16,19). The average Bonchev–Trinajstić information content (AvgIpc) is 2.46. The number of carbonyl (C=O) groups is 1. The molecule has 0 aromatic heterocycles. The van der Waals surface area contributed by atoms with Gasteiger partial charge in [0.2, 0.25) is 5.91 Å². The number of nitrogen functional groups attached to an aromatic ring is 1. The summed E-state index contributed by atoms with van der Waals surface area (Å²) < 4.78 is 0. The lowest BCUT2D eigenvalue weighted by Crippen LogP contribution is -2.54. The molecule has 3 rings (SSSR count). The maximum absolute atomic E-state index is 11.4. The van der Waals surface area contributed by atoms with Crippen LogP contribution in [-0.4, -0.2) is 30.0 Å². The molecule has 0 spiro atoms. The van der Waals surface area contributed by atoms with Crippen LogP contribution in [0.1, 0.15) is 19.3 Å². The van der Waals surface area contributed by atoms with Gasteiger partial charge in [0.05, 0.1) is 4.92 Å². The van der Waals surface area contributed by atoms with Gasteiger partial charge in [-0.05, 0) is 24.8 Å². The van der Waals surface area contributed by atoms with E-state index >= 15 is 0 Å². The van der Waals surface area contributed by atoms with Crippen LogP contribution in [0.5, 0.6) is 0 Å². The molecule has 2 aliphatic heterocycles. The Morgan fingerprint density at radius 2 is 2.14 bits per heavy atom. The Bertz CT molecular complexity index is 590. The van der Waals surface area contributed by atoms with Crippen molar-refractivity contribution in [1.29, 1.82) is 0 Å². The van der Waals surface area contributed by atoms with E-state index in [4.69, 9.17) is 5.73 Å². The fourth-order valence-electron chi connectivity index (χ4n) is 3.25. The van der Waals surface area contributed by atoms with Crippen LogP contribution in [0, 0.1) is 16.0 Å². The number of non-ortho nitro benzene ring substituents is 1. The van der Waals surface area contributed by atoms with Gasteiger partial charge in [-0.15, -0.1) is 0 Å². The third-order valence-corrected chi connectivity index (χ3v) is 4.32. The Morgan fingerprint density at radius 1 is 1.33 bits per heavy atom. The van der Waals surface area contributed by atoms with Crippen LogP contribution in [0.2, 0.25) is 0 Å². The second-order valence-electron chi connectivity index (χ2n) is 5.75. The number of carbonyl (C=O) groups excluding carboxylic acids is 1. The predicted octanol–water partition coefficient (Wildman–Crippen LogP) is 1.28. The van der Waals surface area contributed by atoms with Crippen LogP contribution in [0.3, 0.4) is 0 Å². The lowest BCUT2D eigenvalue weighted by atomic mass is 9.85. The molecule has 1 aromatic carbocycles. The molecule has 21 heavy (non-hydrogen) atoms. The van der Waals surface area contributed by atoms with E-state index in [1.165, 1.54) is 6.07 Å². The van der Waals surface area contributed by atoms with Gasteiger partial charge >= 0.3 is 0 Å². The van der Waals surface area contributed by atoms with Crippen molar-refractivity contribution in [2.45, 2.75) is 25.3 Å². The number of piperidine rings is 2. The van der Waals surface area contributed by atoms with Crippen LogP contribution >= 0.6 is 0 Å². The van der Waals surface area contributed by atoms with Crippen molar-refractivity contribution >= 4 is 23.0 Å². The van der Waals surface area contributed by atoms with Crippen molar-refractivity contribution in [1.82, 2.24) is 5.32 Å². The Labute approximate surface area is 122 Å². The summed E-state index contributed by atoms with van der Waals surface area (Å²) in [7, 11) is 0. The zero-order valence-corrected chi connectivity index (χ0v) is 11.6. The van der Waals surface area contributed by atoms with Crippen LogP contribution in [0.4, 0.5) is 17.1 Å². The zero-order chi connectivity index (χ0) is 15.0. The summed E-state index contributed by atoms with van der Waals surface area (Å²) in [5.41, 5.74) is 6.97. The van der Waals surface area contributed by atoms with Crippen molar-refractivity contribution in [2.24, 2.45) is 5.92 Å². The predicted molar refractivity (Wildman–Crippen MR) is 79.0 cm³/mol. The molecular formula is C14H18N4O3. The van der Waals surface area contributed by atoms with Crippen molar-refractivity contribution in [3.05, 3.63) is 28.3 Å². The summed E-state index contributed by atoms with van der Waals surface area (Å²) in [6.45, 7) is 1.56. The highest BCUT2D eigenvalue weighted by Gasteiger charge is 2.34. The quantitative estimate of drug-likeness (QED) is 0.485. The number of nitro groups is 1. The first-order chi connectivity index (χ1) is 10.0. The maximum Gasteiger partial charge on any atom is 0.273 e. The smallest absolute Gasteiger partial charge is 0.273 e. The largest absolute Gasteiger partial charge is 0.398 e.